The molecule has 5 heteroatoms. The average Bonchev–Trinajstić information content (AvgIpc) is 2.87. The standard InChI is InChI=1S/C17H16FN3O/c1-11-20-15-7-6-12(8-16(15)21-11)10-19-17(22)9-13-4-2-3-5-14(13)18/h2-8H,9-10H2,1H3,(H,19,22)(H,20,21). The van der Waals surface area contributed by atoms with Crippen molar-refractivity contribution in [2.45, 2.75) is 19.9 Å². The lowest BCUT2D eigenvalue weighted by Crippen LogP contribution is -2.24. The van der Waals surface area contributed by atoms with E-state index in [4.69, 9.17) is 0 Å². The summed E-state index contributed by atoms with van der Waals surface area (Å²) in [7, 11) is 0. The van der Waals surface area contributed by atoms with Crippen LogP contribution >= 0.6 is 0 Å². The Morgan fingerprint density at radius 1 is 1.27 bits per heavy atom. The number of aromatic nitrogens is 2. The van der Waals surface area contributed by atoms with Gasteiger partial charge >= 0.3 is 0 Å². The number of hydrogen-bond acceptors (Lipinski definition) is 2. The molecule has 112 valence electrons. The maximum atomic E-state index is 13.5. The minimum absolute atomic E-state index is 0.0398. The van der Waals surface area contributed by atoms with Gasteiger partial charge < -0.3 is 10.3 Å². The maximum Gasteiger partial charge on any atom is 0.224 e. The van der Waals surface area contributed by atoms with Crippen LogP contribution < -0.4 is 5.32 Å². The van der Waals surface area contributed by atoms with Crippen molar-refractivity contribution in [3.05, 3.63) is 65.2 Å². The molecule has 0 unspecified atom stereocenters. The molecule has 0 radical (unpaired) electrons. The molecule has 0 aliphatic rings. The van der Waals surface area contributed by atoms with Crippen LogP contribution in [0, 0.1) is 12.7 Å². The second-order valence-corrected chi connectivity index (χ2v) is 5.22. The average molecular weight is 297 g/mol. The number of nitrogens with one attached hydrogen (secondary N) is 2. The van der Waals surface area contributed by atoms with Crippen LogP contribution in [0.1, 0.15) is 17.0 Å². The van der Waals surface area contributed by atoms with E-state index >= 15 is 0 Å². The monoisotopic (exact) mass is 297 g/mol. The minimum atomic E-state index is -0.355. The fraction of sp³-hybridized carbons (Fsp3) is 0.176. The first-order valence-corrected chi connectivity index (χ1v) is 7.07. The molecule has 0 bridgehead atoms. The predicted octanol–water partition coefficient (Wildman–Crippen LogP) is 2.87. The third kappa shape index (κ3) is 3.14. The van der Waals surface area contributed by atoms with E-state index in [1.807, 2.05) is 25.1 Å². The zero-order chi connectivity index (χ0) is 15.5. The quantitative estimate of drug-likeness (QED) is 0.778. The summed E-state index contributed by atoms with van der Waals surface area (Å²) in [4.78, 5) is 19.4. The summed E-state index contributed by atoms with van der Waals surface area (Å²) in [6.45, 7) is 2.30. The molecule has 3 rings (SSSR count). The SMILES string of the molecule is Cc1nc2ccc(CNC(=O)Cc3ccccc3F)cc2[nH]1. The highest BCUT2D eigenvalue weighted by atomic mass is 19.1. The number of aryl methyl sites for hydroxylation is 1. The van der Waals surface area contributed by atoms with Crippen LogP contribution in [-0.4, -0.2) is 15.9 Å². The van der Waals surface area contributed by atoms with Crippen LogP contribution in [0.15, 0.2) is 42.5 Å². The number of aromatic amines is 1. The molecule has 1 amide bonds. The van der Waals surface area contributed by atoms with Gasteiger partial charge in [-0.3, -0.25) is 4.79 Å². The number of benzene rings is 2. The molecule has 4 nitrogen and oxygen atoms in total. The van der Waals surface area contributed by atoms with Gasteiger partial charge in [-0.05, 0) is 36.2 Å². The second-order valence-electron chi connectivity index (χ2n) is 5.22. The van der Waals surface area contributed by atoms with E-state index in [2.05, 4.69) is 15.3 Å². The van der Waals surface area contributed by atoms with Crippen LogP contribution in [0.2, 0.25) is 0 Å². The summed E-state index contributed by atoms with van der Waals surface area (Å²) in [6, 6.07) is 12.1. The van der Waals surface area contributed by atoms with Gasteiger partial charge in [-0.1, -0.05) is 24.3 Å². The van der Waals surface area contributed by atoms with Gasteiger partial charge in [0, 0.05) is 6.54 Å². The lowest BCUT2D eigenvalue weighted by molar-refractivity contribution is -0.120. The number of rotatable bonds is 4. The van der Waals surface area contributed by atoms with Gasteiger partial charge in [0.2, 0.25) is 5.91 Å². The highest BCUT2D eigenvalue weighted by Crippen LogP contribution is 2.13. The van der Waals surface area contributed by atoms with Gasteiger partial charge in [0.05, 0.1) is 17.5 Å². The van der Waals surface area contributed by atoms with Crippen molar-refractivity contribution in [1.29, 1.82) is 0 Å². The summed E-state index contributed by atoms with van der Waals surface area (Å²) in [5.74, 6) is 0.300. The number of carbonyl (C=O) groups is 1. The van der Waals surface area contributed by atoms with E-state index in [0.717, 1.165) is 22.4 Å². The molecule has 22 heavy (non-hydrogen) atoms. The molecular weight excluding hydrogens is 281 g/mol. The van der Waals surface area contributed by atoms with Crippen molar-refractivity contribution in [3.63, 3.8) is 0 Å². The largest absolute Gasteiger partial charge is 0.352 e. The second kappa shape index (κ2) is 5.97. The molecule has 0 spiro atoms. The van der Waals surface area contributed by atoms with Crippen molar-refractivity contribution >= 4 is 16.9 Å². The zero-order valence-electron chi connectivity index (χ0n) is 12.2. The Labute approximate surface area is 127 Å². The predicted molar refractivity (Wildman–Crippen MR) is 82.8 cm³/mol. The number of H-pyrrole nitrogens is 1. The van der Waals surface area contributed by atoms with Crippen molar-refractivity contribution in [1.82, 2.24) is 15.3 Å². The Morgan fingerprint density at radius 2 is 2.09 bits per heavy atom. The third-order valence-electron chi connectivity index (χ3n) is 3.46. The van der Waals surface area contributed by atoms with Gasteiger partial charge in [0.15, 0.2) is 0 Å². The smallest absolute Gasteiger partial charge is 0.224 e. The Kier molecular flexibility index (Phi) is 3.87. The van der Waals surface area contributed by atoms with Crippen LogP contribution in [0.5, 0.6) is 0 Å². The van der Waals surface area contributed by atoms with E-state index in [0.29, 0.717) is 12.1 Å². The molecule has 1 aromatic heterocycles. The van der Waals surface area contributed by atoms with E-state index in [1.54, 1.807) is 18.2 Å². The number of carbonyl (C=O) groups excluding carboxylic acids is 1. The summed E-state index contributed by atoms with van der Waals surface area (Å²) in [5.41, 5.74) is 3.22. The molecule has 0 saturated heterocycles. The Morgan fingerprint density at radius 3 is 2.91 bits per heavy atom. The highest BCUT2D eigenvalue weighted by Gasteiger charge is 2.08. The van der Waals surface area contributed by atoms with Crippen LogP contribution in [0.3, 0.4) is 0 Å². The third-order valence-corrected chi connectivity index (χ3v) is 3.46. The lowest BCUT2D eigenvalue weighted by atomic mass is 10.1. The van der Waals surface area contributed by atoms with E-state index < -0.39 is 0 Å². The topological polar surface area (TPSA) is 57.8 Å². The van der Waals surface area contributed by atoms with Gasteiger partial charge in [0.1, 0.15) is 11.6 Å². The zero-order valence-corrected chi connectivity index (χ0v) is 12.2. The van der Waals surface area contributed by atoms with Gasteiger partial charge in [0.25, 0.3) is 0 Å². The van der Waals surface area contributed by atoms with Crippen LogP contribution in [0.4, 0.5) is 4.39 Å². The summed E-state index contributed by atoms with van der Waals surface area (Å²) in [6.07, 6.45) is 0.0398. The Bertz CT molecular complexity index is 826. The number of halogens is 1. The van der Waals surface area contributed by atoms with E-state index in [9.17, 15) is 9.18 Å². The van der Waals surface area contributed by atoms with E-state index in [-0.39, 0.29) is 18.1 Å². The molecule has 1 heterocycles. The van der Waals surface area contributed by atoms with Crippen LogP contribution in [0.25, 0.3) is 11.0 Å². The van der Waals surface area contributed by atoms with Crippen LogP contribution in [-0.2, 0) is 17.8 Å². The summed E-state index contributed by atoms with van der Waals surface area (Å²) < 4.78 is 13.5. The minimum Gasteiger partial charge on any atom is -0.352 e. The molecule has 0 aliphatic carbocycles. The molecule has 0 fully saturated rings. The molecule has 3 aromatic rings. The Hall–Kier alpha value is -2.69. The number of nitrogens with zero attached hydrogens (tertiary/aromatic N) is 1. The van der Waals surface area contributed by atoms with E-state index in [1.165, 1.54) is 6.07 Å². The highest BCUT2D eigenvalue weighted by molar-refractivity contribution is 5.79. The molecule has 2 aromatic carbocycles. The van der Waals surface area contributed by atoms with Gasteiger partial charge in [-0.2, -0.15) is 0 Å². The fourth-order valence-electron chi connectivity index (χ4n) is 2.37. The van der Waals surface area contributed by atoms with Crippen molar-refractivity contribution in [2.24, 2.45) is 0 Å². The first-order valence-electron chi connectivity index (χ1n) is 7.07. The summed E-state index contributed by atoms with van der Waals surface area (Å²) in [5, 5.41) is 2.81. The van der Waals surface area contributed by atoms with Crippen molar-refractivity contribution in [3.8, 4) is 0 Å². The molecule has 0 atom stereocenters. The maximum absolute atomic E-state index is 13.5. The number of fused-ring (bicyclic) bond motifs is 1. The van der Waals surface area contributed by atoms with Gasteiger partial charge in [-0.15, -0.1) is 0 Å². The normalized spacial score (nSPS) is 10.8. The number of hydrogen-bond donors (Lipinski definition) is 2. The first-order chi connectivity index (χ1) is 10.6. The molecule has 0 saturated carbocycles. The first kappa shape index (κ1) is 14.3. The number of amides is 1. The van der Waals surface area contributed by atoms with Crippen molar-refractivity contribution in [2.75, 3.05) is 0 Å². The lowest BCUT2D eigenvalue weighted by Gasteiger charge is -2.06. The van der Waals surface area contributed by atoms with Crippen molar-refractivity contribution < 1.29 is 9.18 Å². The Balaban J connectivity index is 1.63. The molecule has 2 N–H and O–H groups in total. The number of imidazole rings is 1. The van der Waals surface area contributed by atoms with Gasteiger partial charge in [-0.25, -0.2) is 9.37 Å². The summed E-state index contributed by atoms with van der Waals surface area (Å²) >= 11 is 0. The fourth-order valence-corrected chi connectivity index (χ4v) is 2.37. The molecule has 0 aliphatic heterocycles. The molecular formula is C17H16FN3O.